The maximum atomic E-state index is 13.3. The van der Waals surface area contributed by atoms with E-state index in [-0.39, 0.29) is 19.1 Å². The molecule has 1 aliphatic rings. The van der Waals surface area contributed by atoms with Crippen LogP contribution in [-0.2, 0) is 4.74 Å². The molecule has 3 aromatic carbocycles. The van der Waals surface area contributed by atoms with Crippen LogP contribution in [-0.4, -0.2) is 19.2 Å². The summed E-state index contributed by atoms with van der Waals surface area (Å²) in [6.07, 6.45) is -0.542. The lowest BCUT2D eigenvalue weighted by Crippen LogP contribution is -2.26. The average molecular weight is 386 g/mol. The SMILES string of the molecule is Nc1cc(F)cc(C#CCNC(=O)OCC2c3ccccc3-c3ccccc32)c1. The Morgan fingerprint density at radius 1 is 1.03 bits per heavy atom. The van der Waals surface area contributed by atoms with Crippen LogP contribution in [0.25, 0.3) is 11.1 Å². The lowest BCUT2D eigenvalue weighted by Gasteiger charge is -2.14. The molecule has 0 unspecified atom stereocenters. The second-order valence-corrected chi connectivity index (χ2v) is 6.75. The van der Waals surface area contributed by atoms with Gasteiger partial charge in [-0.15, -0.1) is 0 Å². The van der Waals surface area contributed by atoms with Crippen molar-refractivity contribution in [1.82, 2.24) is 5.32 Å². The van der Waals surface area contributed by atoms with Crippen LogP contribution in [0.1, 0.15) is 22.6 Å². The zero-order chi connectivity index (χ0) is 20.2. The Bertz CT molecular complexity index is 1070. The molecule has 0 saturated carbocycles. The standard InChI is InChI=1S/C24H19FN2O2/c25-17-12-16(13-18(26)14-17)6-5-11-27-24(28)29-15-23-21-9-3-1-7-19(21)20-8-2-4-10-22(20)23/h1-4,7-10,12-14,23H,11,15,26H2,(H,27,28). The maximum absolute atomic E-state index is 13.3. The second kappa shape index (κ2) is 8.07. The highest BCUT2D eigenvalue weighted by Gasteiger charge is 2.28. The summed E-state index contributed by atoms with van der Waals surface area (Å²) in [6, 6.07) is 20.4. The lowest BCUT2D eigenvalue weighted by atomic mass is 9.98. The fourth-order valence-corrected chi connectivity index (χ4v) is 3.60. The Balaban J connectivity index is 1.35. The van der Waals surface area contributed by atoms with Crippen molar-refractivity contribution >= 4 is 11.8 Å². The van der Waals surface area contributed by atoms with Crippen LogP contribution in [0.15, 0.2) is 66.7 Å². The topological polar surface area (TPSA) is 64.3 Å². The van der Waals surface area contributed by atoms with Gasteiger partial charge in [0.25, 0.3) is 0 Å². The van der Waals surface area contributed by atoms with Crippen molar-refractivity contribution in [3.8, 4) is 23.0 Å². The zero-order valence-electron chi connectivity index (χ0n) is 15.6. The van der Waals surface area contributed by atoms with Gasteiger partial charge >= 0.3 is 6.09 Å². The third kappa shape index (κ3) is 4.07. The minimum atomic E-state index is -0.542. The molecular formula is C24H19FN2O2. The van der Waals surface area contributed by atoms with Crippen LogP contribution < -0.4 is 11.1 Å². The normalized spacial score (nSPS) is 11.8. The molecule has 1 amide bonds. The van der Waals surface area contributed by atoms with Gasteiger partial charge in [0.15, 0.2) is 0 Å². The van der Waals surface area contributed by atoms with Crippen molar-refractivity contribution in [2.75, 3.05) is 18.9 Å². The molecule has 0 saturated heterocycles. The van der Waals surface area contributed by atoms with Gasteiger partial charge in [-0.25, -0.2) is 9.18 Å². The Morgan fingerprint density at radius 3 is 2.34 bits per heavy atom. The highest BCUT2D eigenvalue weighted by molar-refractivity contribution is 5.79. The molecule has 3 aromatic rings. The molecule has 0 fully saturated rings. The number of carbonyl (C=O) groups is 1. The van der Waals surface area contributed by atoms with E-state index in [0.717, 1.165) is 11.1 Å². The Morgan fingerprint density at radius 2 is 1.69 bits per heavy atom. The third-order valence-electron chi connectivity index (χ3n) is 4.82. The number of carbonyl (C=O) groups excluding carboxylic acids is 1. The highest BCUT2D eigenvalue weighted by Crippen LogP contribution is 2.44. The number of rotatable bonds is 3. The van der Waals surface area contributed by atoms with Gasteiger partial charge in [-0.1, -0.05) is 60.4 Å². The van der Waals surface area contributed by atoms with Gasteiger partial charge in [-0.05, 0) is 40.5 Å². The number of nitrogens with two attached hydrogens (primary N) is 1. The molecule has 4 nitrogen and oxygen atoms in total. The molecule has 0 heterocycles. The van der Waals surface area contributed by atoms with E-state index in [4.69, 9.17) is 10.5 Å². The Labute approximate surface area is 168 Å². The minimum absolute atomic E-state index is 0.00880. The highest BCUT2D eigenvalue weighted by atomic mass is 19.1. The summed E-state index contributed by atoms with van der Waals surface area (Å²) >= 11 is 0. The molecule has 0 atom stereocenters. The molecule has 3 N–H and O–H groups in total. The summed E-state index contributed by atoms with van der Waals surface area (Å²) < 4.78 is 18.7. The van der Waals surface area contributed by atoms with Crippen molar-refractivity contribution in [3.63, 3.8) is 0 Å². The first kappa shape index (κ1) is 18.6. The monoisotopic (exact) mass is 386 g/mol. The van der Waals surface area contributed by atoms with Gasteiger partial charge in [-0.2, -0.15) is 0 Å². The Hall–Kier alpha value is -3.78. The number of amides is 1. The fourth-order valence-electron chi connectivity index (χ4n) is 3.60. The van der Waals surface area contributed by atoms with Crippen LogP contribution in [0, 0.1) is 17.7 Å². The van der Waals surface area contributed by atoms with E-state index >= 15 is 0 Å². The largest absolute Gasteiger partial charge is 0.449 e. The van der Waals surface area contributed by atoms with Crippen molar-refractivity contribution in [3.05, 3.63) is 89.2 Å². The molecule has 0 aliphatic heterocycles. The van der Waals surface area contributed by atoms with E-state index in [1.54, 1.807) is 6.07 Å². The van der Waals surface area contributed by atoms with Gasteiger partial charge in [0, 0.05) is 17.2 Å². The van der Waals surface area contributed by atoms with Crippen molar-refractivity contribution in [1.29, 1.82) is 0 Å². The minimum Gasteiger partial charge on any atom is -0.449 e. The van der Waals surface area contributed by atoms with Crippen LogP contribution >= 0.6 is 0 Å². The molecule has 144 valence electrons. The number of hydrogen-bond donors (Lipinski definition) is 2. The van der Waals surface area contributed by atoms with Crippen LogP contribution in [0.2, 0.25) is 0 Å². The molecule has 5 heteroatoms. The fraction of sp³-hybridized carbons (Fsp3) is 0.125. The first-order chi connectivity index (χ1) is 14.1. The van der Waals surface area contributed by atoms with Gasteiger partial charge in [-0.3, -0.25) is 0 Å². The van der Waals surface area contributed by atoms with E-state index in [1.165, 1.54) is 23.3 Å². The van der Waals surface area contributed by atoms with Crippen molar-refractivity contribution < 1.29 is 13.9 Å². The first-order valence-corrected chi connectivity index (χ1v) is 9.25. The molecule has 0 spiro atoms. The number of fused-ring (bicyclic) bond motifs is 3. The predicted octanol–water partition coefficient (Wildman–Crippen LogP) is 4.30. The van der Waals surface area contributed by atoms with Crippen LogP contribution in [0.4, 0.5) is 14.9 Å². The van der Waals surface area contributed by atoms with Gasteiger partial charge in [0.2, 0.25) is 0 Å². The summed E-state index contributed by atoms with van der Waals surface area (Å²) in [5, 5.41) is 2.59. The van der Waals surface area contributed by atoms with Crippen LogP contribution in [0.5, 0.6) is 0 Å². The number of nitrogen functional groups attached to an aromatic ring is 1. The van der Waals surface area contributed by atoms with Crippen molar-refractivity contribution in [2.24, 2.45) is 0 Å². The summed E-state index contributed by atoms with van der Waals surface area (Å²) in [7, 11) is 0. The summed E-state index contributed by atoms with van der Waals surface area (Å²) in [5.41, 5.74) is 11.0. The van der Waals surface area contributed by atoms with Gasteiger partial charge in [0.1, 0.15) is 12.4 Å². The molecule has 4 rings (SSSR count). The Kier molecular flexibility index (Phi) is 5.17. The number of benzene rings is 3. The summed E-state index contributed by atoms with van der Waals surface area (Å²) in [4.78, 5) is 12.1. The van der Waals surface area contributed by atoms with E-state index < -0.39 is 11.9 Å². The first-order valence-electron chi connectivity index (χ1n) is 9.25. The number of anilines is 1. The number of alkyl carbamates (subject to hydrolysis) is 1. The molecule has 1 aliphatic carbocycles. The van der Waals surface area contributed by atoms with Gasteiger partial charge < -0.3 is 15.8 Å². The second-order valence-electron chi connectivity index (χ2n) is 6.75. The van der Waals surface area contributed by atoms with E-state index in [0.29, 0.717) is 11.3 Å². The smallest absolute Gasteiger partial charge is 0.407 e. The van der Waals surface area contributed by atoms with E-state index in [1.807, 2.05) is 24.3 Å². The number of halogens is 1. The lowest BCUT2D eigenvalue weighted by molar-refractivity contribution is 0.144. The molecule has 29 heavy (non-hydrogen) atoms. The molecule has 0 radical (unpaired) electrons. The molecule has 0 bridgehead atoms. The predicted molar refractivity (Wildman–Crippen MR) is 111 cm³/mol. The average Bonchev–Trinajstić information content (AvgIpc) is 3.03. The molecule has 0 aromatic heterocycles. The van der Waals surface area contributed by atoms with E-state index in [2.05, 4.69) is 41.4 Å². The zero-order valence-corrected chi connectivity index (χ0v) is 15.6. The quantitative estimate of drug-likeness (QED) is 0.521. The third-order valence-corrected chi connectivity index (χ3v) is 4.82. The van der Waals surface area contributed by atoms with E-state index in [9.17, 15) is 9.18 Å². The summed E-state index contributed by atoms with van der Waals surface area (Å²) in [6.45, 7) is 0.334. The van der Waals surface area contributed by atoms with Gasteiger partial charge in [0.05, 0.1) is 6.54 Å². The number of ether oxygens (including phenoxy) is 1. The van der Waals surface area contributed by atoms with Crippen LogP contribution in [0.3, 0.4) is 0 Å². The summed E-state index contributed by atoms with van der Waals surface area (Å²) in [5.74, 6) is 5.09. The van der Waals surface area contributed by atoms with Crippen molar-refractivity contribution in [2.45, 2.75) is 5.92 Å². The maximum Gasteiger partial charge on any atom is 0.407 e. The number of hydrogen-bond acceptors (Lipinski definition) is 3. The molecular weight excluding hydrogens is 367 g/mol. The number of nitrogens with one attached hydrogen (secondary N) is 1.